The molecule has 0 radical (unpaired) electrons. The highest BCUT2D eigenvalue weighted by Crippen LogP contribution is 2.66. The number of carbonyl (C=O) groups is 1. The molecule has 0 heterocycles. The summed E-state index contributed by atoms with van der Waals surface area (Å²) in [7, 11) is 0. The molecular weight excluding hydrogens is 272 g/mol. The Morgan fingerprint density at radius 1 is 0.955 bits per heavy atom. The quantitative estimate of drug-likeness (QED) is 0.722. The predicted molar refractivity (Wildman–Crippen MR) is 87.4 cm³/mol. The highest BCUT2D eigenvalue weighted by molar-refractivity contribution is 5.87. The van der Waals surface area contributed by atoms with E-state index in [4.69, 9.17) is 0 Å². The molecule has 0 aliphatic heterocycles. The standard InChI is InChI=1S/C20H32O2/c1-18(22)10-11-19(2)13(12-18)4-5-14-15-6-7-17(21)20(15,3)9-8-16(14)19/h13-16,22H,4-12H2,1-3H3/t13-,14-,15-,16-,18-,19-,20-/m1/s1. The van der Waals surface area contributed by atoms with Gasteiger partial charge in [0.25, 0.3) is 0 Å². The summed E-state index contributed by atoms with van der Waals surface area (Å²) in [6.45, 7) is 6.82. The van der Waals surface area contributed by atoms with Gasteiger partial charge in [0.15, 0.2) is 0 Å². The zero-order valence-corrected chi connectivity index (χ0v) is 14.5. The van der Waals surface area contributed by atoms with E-state index in [-0.39, 0.29) is 5.41 Å². The normalized spacial score (nSPS) is 57.9. The van der Waals surface area contributed by atoms with Crippen LogP contribution in [0.3, 0.4) is 0 Å². The van der Waals surface area contributed by atoms with Crippen molar-refractivity contribution >= 4 is 5.78 Å². The molecule has 4 saturated carbocycles. The molecule has 0 aromatic carbocycles. The Morgan fingerprint density at radius 3 is 2.50 bits per heavy atom. The van der Waals surface area contributed by atoms with E-state index in [2.05, 4.69) is 13.8 Å². The van der Waals surface area contributed by atoms with E-state index < -0.39 is 5.60 Å². The molecule has 22 heavy (non-hydrogen) atoms. The van der Waals surface area contributed by atoms with E-state index in [0.717, 1.165) is 43.9 Å². The van der Waals surface area contributed by atoms with Gasteiger partial charge in [0.05, 0.1) is 5.60 Å². The van der Waals surface area contributed by atoms with Crippen LogP contribution >= 0.6 is 0 Å². The summed E-state index contributed by atoms with van der Waals surface area (Å²) in [6, 6.07) is 0. The molecule has 0 unspecified atom stereocenters. The molecule has 124 valence electrons. The molecule has 0 saturated heterocycles. The Balaban J connectivity index is 1.63. The lowest BCUT2D eigenvalue weighted by Crippen LogP contribution is -2.55. The van der Waals surface area contributed by atoms with Crippen molar-refractivity contribution in [3.63, 3.8) is 0 Å². The van der Waals surface area contributed by atoms with Gasteiger partial charge in [0.2, 0.25) is 0 Å². The van der Waals surface area contributed by atoms with Crippen LogP contribution in [-0.2, 0) is 4.79 Å². The predicted octanol–water partition coefficient (Wildman–Crippen LogP) is 4.35. The minimum atomic E-state index is -0.441. The average molecular weight is 304 g/mol. The Morgan fingerprint density at radius 2 is 1.73 bits per heavy atom. The first kappa shape index (κ1) is 15.2. The highest BCUT2D eigenvalue weighted by Gasteiger charge is 2.60. The third-order valence-electron chi connectivity index (χ3n) is 8.66. The molecule has 0 spiro atoms. The van der Waals surface area contributed by atoms with Crippen LogP contribution in [0.1, 0.15) is 78.6 Å². The van der Waals surface area contributed by atoms with Crippen LogP contribution in [0.2, 0.25) is 0 Å². The molecule has 0 bridgehead atoms. The van der Waals surface area contributed by atoms with Gasteiger partial charge in [0, 0.05) is 11.8 Å². The second-order valence-corrected chi connectivity index (χ2v) is 9.78. The maximum atomic E-state index is 12.4. The molecule has 7 atom stereocenters. The van der Waals surface area contributed by atoms with Gasteiger partial charge in [-0.25, -0.2) is 0 Å². The summed E-state index contributed by atoms with van der Waals surface area (Å²) in [6.07, 6.45) is 10.1. The molecule has 0 aromatic rings. The third kappa shape index (κ3) is 1.92. The maximum Gasteiger partial charge on any atom is 0.139 e. The van der Waals surface area contributed by atoms with Gasteiger partial charge in [0.1, 0.15) is 5.78 Å². The SMILES string of the molecule is C[C@@]1(O)CC[C@]2(C)[C@H](CC[C@H]3[C@H]2CC[C@@]2(C)C(=O)CC[C@H]32)C1. The fourth-order valence-electron chi connectivity index (χ4n) is 7.20. The first-order chi connectivity index (χ1) is 10.3. The van der Waals surface area contributed by atoms with Gasteiger partial charge in [-0.15, -0.1) is 0 Å². The molecule has 4 fully saturated rings. The van der Waals surface area contributed by atoms with Gasteiger partial charge in [-0.05, 0) is 87.4 Å². The largest absolute Gasteiger partial charge is 0.390 e. The first-order valence-corrected chi connectivity index (χ1v) is 9.52. The van der Waals surface area contributed by atoms with E-state index in [1.165, 1.54) is 25.7 Å². The number of carbonyl (C=O) groups excluding carboxylic acids is 1. The number of hydrogen-bond donors (Lipinski definition) is 1. The van der Waals surface area contributed by atoms with Crippen molar-refractivity contribution in [2.45, 2.75) is 84.2 Å². The summed E-state index contributed by atoms with van der Waals surface area (Å²) in [5.41, 5.74) is -0.0217. The zero-order chi connectivity index (χ0) is 15.8. The third-order valence-corrected chi connectivity index (χ3v) is 8.66. The number of Topliss-reactive ketones (excluding diaryl/α,β-unsaturated/α-hetero) is 1. The van der Waals surface area contributed by atoms with E-state index in [1.54, 1.807) is 0 Å². The van der Waals surface area contributed by atoms with Gasteiger partial charge < -0.3 is 5.11 Å². The van der Waals surface area contributed by atoms with E-state index >= 15 is 0 Å². The van der Waals surface area contributed by atoms with Gasteiger partial charge in [-0.2, -0.15) is 0 Å². The lowest BCUT2D eigenvalue weighted by atomic mass is 9.44. The van der Waals surface area contributed by atoms with Crippen LogP contribution in [-0.4, -0.2) is 16.5 Å². The summed E-state index contributed by atoms with van der Waals surface area (Å²) < 4.78 is 0. The summed E-state index contributed by atoms with van der Waals surface area (Å²) >= 11 is 0. The number of ketones is 1. The number of aliphatic hydroxyl groups is 1. The van der Waals surface area contributed by atoms with E-state index in [1.807, 2.05) is 6.92 Å². The molecule has 0 aromatic heterocycles. The minimum absolute atomic E-state index is 0.00449. The van der Waals surface area contributed by atoms with Crippen LogP contribution in [0, 0.1) is 34.5 Å². The van der Waals surface area contributed by atoms with Crippen LogP contribution in [0.15, 0.2) is 0 Å². The van der Waals surface area contributed by atoms with Crippen molar-refractivity contribution < 1.29 is 9.90 Å². The molecule has 4 rings (SSSR count). The van der Waals surface area contributed by atoms with Crippen LogP contribution in [0.4, 0.5) is 0 Å². The number of rotatable bonds is 0. The first-order valence-electron chi connectivity index (χ1n) is 9.52. The number of fused-ring (bicyclic) bond motifs is 5. The van der Waals surface area contributed by atoms with Gasteiger partial charge in [-0.1, -0.05) is 13.8 Å². The second kappa shape index (κ2) is 4.59. The summed E-state index contributed by atoms with van der Waals surface area (Å²) in [4.78, 5) is 12.4. The van der Waals surface area contributed by atoms with Crippen LogP contribution in [0.25, 0.3) is 0 Å². The van der Waals surface area contributed by atoms with Crippen molar-refractivity contribution in [2.75, 3.05) is 0 Å². The molecule has 2 heteroatoms. The second-order valence-electron chi connectivity index (χ2n) is 9.78. The van der Waals surface area contributed by atoms with E-state index in [9.17, 15) is 9.90 Å². The van der Waals surface area contributed by atoms with Gasteiger partial charge in [-0.3, -0.25) is 4.79 Å². The average Bonchev–Trinajstić information content (AvgIpc) is 2.76. The lowest BCUT2D eigenvalue weighted by molar-refractivity contribution is -0.151. The van der Waals surface area contributed by atoms with Crippen molar-refractivity contribution in [1.82, 2.24) is 0 Å². The smallest absolute Gasteiger partial charge is 0.139 e. The Bertz CT molecular complexity index is 496. The molecule has 0 amide bonds. The lowest BCUT2D eigenvalue weighted by Gasteiger charge is -2.61. The fraction of sp³-hybridized carbons (Fsp3) is 0.950. The Hall–Kier alpha value is -0.370. The molecular formula is C20H32O2. The molecule has 1 N–H and O–H groups in total. The Kier molecular flexibility index (Phi) is 3.16. The van der Waals surface area contributed by atoms with Crippen LogP contribution < -0.4 is 0 Å². The monoisotopic (exact) mass is 304 g/mol. The minimum Gasteiger partial charge on any atom is -0.390 e. The maximum absolute atomic E-state index is 12.4. The molecule has 2 nitrogen and oxygen atoms in total. The zero-order valence-electron chi connectivity index (χ0n) is 14.5. The van der Waals surface area contributed by atoms with Crippen LogP contribution in [0.5, 0.6) is 0 Å². The molecule has 4 aliphatic carbocycles. The fourth-order valence-corrected chi connectivity index (χ4v) is 7.20. The van der Waals surface area contributed by atoms with Crippen molar-refractivity contribution in [3.8, 4) is 0 Å². The summed E-state index contributed by atoms with van der Waals surface area (Å²) in [5.74, 6) is 3.47. The topological polar surface area (TPSA) is 37.3 Å². The Labute approximate surface area is 135 Å². The van der Waals surface area contributed by atoms with Gasteiger partial charge >= 0.3 is 0 Å². The van der Waals surface area contributed by atoms with Crippen molar-refractivity contribution in [1.29, 1.82) is 0 Å². The number of hydrogen-bond acceptors (Lipinski definition) is 2. The molecule has 4 aliphatic rings. The highest BCUT2D eigenvalue weighted by atomic mass is 16.3. The summed E-state index contributed by atoms with van der Waals surface area (Å²) in [5, 5.41) is 10.5. The van der Waals surface area contributed by atoms with E-state index in [0.29, 0.717) is 23.0 Å². The van der Waals surface area contributed by atoms with Crippen molar-refractivity contribution in [2.24, 2.45) is 34.5 Å². The van der Waals surface area contributed by atoms with Crippen molar-refractivity contribution in [3.05, 3.63) is 0 Å².